The Balaban J connectivity index is 2.59. The molecule has 1 heterocycles. The van der Waals surface area contributed by atoms with Crippen LogP contribution < -0.4 is 0 Å². The summed E-state index contributed by atoms with van der Waals surface area (Å²) < 4.78 is 15.3. The quantitative estimate of drug-likeness (QED) is 0.765. The molecule has 0 aliphatic carbocycles. The van der Waals surface area contributed by atoms with Crippen LogP contribution in [0, 0.1) is 5.82 Å². The van der Waals surface area contributed by atoms with Gasteiger partial charge < -0.3 is 4.57 Å². The molecule has 2 aromatic rings. The van der Waals surface area contributed by atoms with Crippen LogP contribution in [0.25, 0.3) is 11.3 Å². The largest absolute Gasteiger partial charge is 0.315 e. The first-order valence-electron chi connectivity index (χ1n) is 4.70. The highest BCUT2D eigenvalue weighted by molar-refractivity contribution is 6.28. The van der Waals surface area contributed by atoms with Crippen molar-refractivity contribution in [2.24, 2.45) is 0 Å². The Morgan fingerprint density at radius 1 is 1.40 bits per heavy atom. The lowest BCUT2D eigenvalue weighted by Crippen LogP contribution is -1.98. The molecule has 0 saturated heterocycles. The zero-order valence-electron chi connectivity index (χ0n) is 8.24. The zero-order valence-corrected chi connectivity index (χ0v) is 9.00. The van der Waals surface area contributed by atoms with Gasteiger partial charge in [-0.1, -0.05) is 12.1 Å². The second-order valence-corrected chi connectivity index (χ2v) is 3.47. The van der Waals surface area contributed by atoms with Crippen molar-refractivity contribution in [2.75, 3.05) is 0 Å². The van der Waals surface area contributed by atoms with Gasteiger partial charge in [-0.15, -0.1) is 0 Å². The van der Waals surface area contributed by atoms with E-state index >= 15 is 0 Å². The predicted molar refractivity (Wildman–Crippen MR) is 58.3 cm³/mol. The van der Waals surface area contributed by atoms with Crippen LogP contribution in [0.1, 0.15) is 6.92 Å². The third-order valence-corrected chi connectivity index (χ3v) is 2.57. The summed E-state index contributed by atoms with van der Waals surface area (Å²) in [5, 5.41) is 0.385. The van der Waals surface area contributed by atoms with Crippen molar-refractivity contribution in [2.45, 2.75) is 13.5 Å². The molecule has 0 fully saturated rings. The van der Waals surface area contributed by atoms with E-state index in [4.69, 9.17) is 11.6 Å². The lowest BCUT2D eigenvalue weighted by atomic mass is 10.1. The smallest absolute Gasteiger partial charge is 0.203 e. The van der Waals surface area contributed by atoms with Gasteiger partial charge >= 0.3 is 0 Å². The van der Waals surface area contributed by atoms with Gasteiger partial charge in [0.15, 0.2) is 0 Å². The Labute approximate surface area is 92.3 Å². The molecule has 0 amide bonds. The highest BCUT2D eigenvalue weighted by atomic mass is 35.5. The number of rotatable bonds is 2. The molecule has 2 nitrogen and oxygen atoms in total. The molecule has 0 aliphatic heterocycles. The normalized spacial score (nSPS) is 10.6. The van der Waals surface area contributed by atoms with Crippen LogP contribution >= 0.6 is 11.6 Å². The van der Waals surface area contributed by atoms with Crippen molar-refractivity contribution in [3.63, 3.8) is 0 Å². The van der Waals surface area contributed by atoms with E-state index in [1.54, 1.807) is 29.0 Å². The third kappa shape index (κ3) is 1.75. The fourth-order valence-electron chi connectivity index (χ4n) is 1.54. The van der Waals surface area contributed by atoms with Gasteiger partial charge in [0, 0.05) is 12.1 Å². The minimum atomic E-state index is -0.260. The molecule has 0 spiro atoms. The third-order valence-electron chi connectivity index (χ3n) is 2.27. The van der Waals surface area contributed by atoms with E-state index < -0.39 is 0 Å². The Bertz CT molecular complexity index is 479. The van der Waals surface area contributed by atoms with Gasteiger partial charge in [0.1, 0.15) is 5.82 Å². The SMILES string of the molecule is CCn1c(-c2ccccc2F)cnc1Cl. The van der Waals surface area contributed by atoms with Gasteiger partial charge in [0.2, 0.25) is 5.28 Å². The maximum Gasteiger partial charge on any atom is 0.203 e. The Hall–Kier alpha value is -1.35. The van der Waals surface area contributed by atoms with Crippen molar-refractivity contribution in [3.05, 3.63) is 41.6 Å². The summed E-state index contributed by atoms with van der Waals surface area (Å²) in [6.07, 6.45) is 1.59. The van der Waals surface area contributed by atoms with Crippen LogP contribution in [-0.4, -0.2) is 9.55 Å². The Morgan fingerprint density at radius 3 is 2.80 bits per heavy atom. The number of imidazole rings is 1. The number of benzene rings is 1. The molecular weight excluding hydrogens is 215 g/mol. The molecule has 0 N–H and O–H groups in total. The molecule has 4 heteroatoms. The molecule has 1 aromatic heterocycles. The van der Waals surface area contributed by atoms with Gasteiger partial charge in [0.05, 0.1) is 11.9 Å². The molecular formula is C11H10ClFN2. The van der Waals surface area contributed by atoms with Crippen molar-refractivity contribution < 1.29 is 4.39 Å². The molecule has 0 unspecified atom stereocenters. The van der Waals surface area contributed by atoms with Crippen molar-refractivity contribution in [3.8, 4) is 11.3 Å². The number of nitrogens with zero attached hydrogens (tertiary/aromatic N) is 2. The summed E-state index contributed by atoms with van der Waals surface area (Å²) in [6, 6.07) is 6.59. The van der Waals surface area contributed by atoms with E-state index in [0.717, 1.165) is 0 Å². The summed E-state index contributed by atoms with van der Waals surface area (Å²) in [5.41, 5.74) is 1.24. The molecule has 0 saturated carbocycles. The van der Waals surface area contributed by atoms with Gasteiger partial charge in [-0.05, 0) is 30.7 Å². The molecule has 78 valence electrons. The number of halogens is 2. The molecule has 15 heavy (non-hydrogen) atoms. The van der Waals surface area contributed by atoms with Crippen molar-refractivity contribution in [1.82, 2.24) is 9.55 Å². The Morgan fingerprint density at radius 2 is 2.13 bits per heavy atom. The average Bonchev–Trinajstić information content (AvgIpc) is 2.60. The van der Waals surface area contributed by atoms with Crippen LogP contribution in [-0.2, 0) is 6.54 Å². The molecule has 0 aliphatic rings. The van der Waals surface area contributed by atoms with E-state index in [1.165, 1.54) is 6.07 Å². The van der Waals surface area contributed by atoms with Gasteiger partial charge in [-0.2, -0.15) is 0 Å². The second-order valence-electron chi connectivity index (χ2n) is 3.14. The average molecular weight is 225 g/mol. The van der Waals surface area contributed by atoms with Crippen LogP contribution in [0.2, 0.25) is 5.28 Å². The van der Waals surface area contributed by atoms with Crippen molar-refractivity contribution in [1.29, 1.82) is 0 Å². The first-order valence-corrected chi connectivity index (χ1v) is 5.07. The summed E-state index contributed by atoms with van der Waals surface area (Å²) in [4.78, 5) is 3.97. The maximum atomic E-state index is 13.5. The zero-order chi connectivity index (χ0) is 10.8. The summed E-state index contributed by atoms with van der Waals surface area (Å²) in [6.45, 7) is 2.61. The summed E-state index contributed by atoms with van der Waals surface area (Å²) in [7, 11) is 0. The van der Waals surface area contributed by atoms with Gasteiger partial charge in [-0.25, -0.2) is 9.37 Å². The predicted octanol–water partition coefficient (Wildman–Crippen LogP) is 3.36. The minimum Gasteiger partial charge on any atom is -0.315 e. The molecule has 1 aromatic carbocycles. The van der Waals surface area contributed by atoms with Gasteiger partial charge in [-0.3, -0.25) is 0 Å². The first kappa shape index (κ1) is 10.2. The lowest BCUT2D eigenvalue weighted by Gasteiger charge is -2.06. The van der Waals surface area contributed by atoms with Gasteiger partial charge in [0.25, 0.3) is 0 Å². The van der Waals surface area contributed by atoms with E-state index in [2.05, 4.69) is 4.98 Å². The Kier molecular flexibility index (Phi) is 2.73. The van der Waals surface area contributed by atoms with Crippen LogP contribution in [0.5, 0.6) is 0 Å². The second kappa shape index (κ2) is 4.03. The highest BCUT2D eigenvalue weighted by Crippen LogP contribution is 2.25. The molecule has 2 rings (SSSR count). The summed E-state index contributed by atoms with van der Waals surface area (Å²) in [5.74, 6) is -0.260. The first-order chi connectivity index (χ1) is 7.24. The molecule has 0 atom stereocenters. The van der Waals surface area contributed by atoms with Crippen LogP contribution in [0.4, 0.5) is 4.39 Å². The summed E-state index contributed by atoms with van der Waals surface area (Å²) >= 11 is 5.88. The number of hydrogen-bond donors (Lipinski definition) is 0. The standard InChI is InChI=1S/C11H10ClFN2/c1-2-15-10(7-14-11(15)12)8-5-3-4-6-9(8)13/h3-7H,2H2,1H3. The maximum absolute atomic E-state index is 13.5. The van der Waals surface area contributed by atoms with E-state index in [9.17, 15) is 4.39 Å². The van der Waals surface area contributed by atoms with E-state index in [0.29, 0.717) is 23.1 Å². The lowest BCUT2D eigenvalue weighted by molar-refractivity contribution is 0.628. The number of hydrogen-bond acceptors (Lipinski definition) is 1. The van der Waals surface area contributed by atoms with Crippen LogP contribution in [0.3, 0.4) is 0 Å². The van der Waals surface area contributed by atoms with Crippen molar-refractivity contribution >= 4 is 11.6 Å². The monoisotopic (exact) mass is 224 g/mol. The fraction of sp³-hybridized carbons (Fsp3) is 0.182. The topological polar surface area (TPSA) is 17.8 Å². The van der Waals surface area contributed by atoms with E-state index in [1.807, 2.05) is 6.92 Å². The molecule has 0 bridgehead atoms. The highest BCUT2D eigenvalue weighted by Gasteiger charge is 2.11. The number of aromatic nitrogens is 2. The van der Waals surface area contributed by atoms with E-state index in [-0.39, 0.29) is 5.82 Å². The minimum absolute atomic E-state index is 0.260. The van der Waals surface area contributed by atoms with Crippen LogP contribution in [0.15, 0.2) is 30.5 Å². The fourth-order valence-corrected chi connectivity index (χ4v) is 1.80. The molecule has 0 radical (unpaired) electrons.